The molecule has 5 N–H and O–H groups in total. The van der Waals surface area contributed by atoms with Crippen molar-refractivity contribution in [2.45, 2.75) is 44.9 Å². The molecule has 186 valence electrons. The van der Waals surface area contributed by atoms with Gasteiger partial charge in [0, 0.05) is 37.0 Å². The highest BCUT2D eigenvalue weighted by molar-refractivity contribution is 5.78. The molecule has 0 fully saturated rings. The quantitative estimate of drug-likeness (QED) is 0.344. The van der Waals surface area contributed by atoms with Gasteiger partial charge in [0.2, 0.25) is 5.91 Å². The zero-order valence-electron chi connectivity index (χ0n) is 19.3. The van der Waals surface area contributed by atoms with Gasteiger partial charge in [0.15, 0.2) is 0 Å². The SMILES string of the molecule is CCc1cccc(CN(CC(O)C(N)Cc2cc(F)cc(F)c2)C(=O)Cc2cc(=O)[nH]c(=O)[nH]2)c1. The smallest absolute Gasteiger partial charge is 0.325 e. The van der Waals surface area contributed by atoms with Gasteiger partial charge in [-0.15, -0.1) is 0 Å². The third-order valence-corrected chi connectivity index (χ3v) is 5.58. The van der Waals surface area contributed by atoms with E-state index in [1.54, 1.807) is 0 Å². The van der Waals surface area contributed by atoms with Crippen LogP contribution in [-0.2, 0) is 30.6 Å². The summed E-state index contributed by atoms with van der Waals surface area (Å²) in [7, 11) is 0. The number of nitrogens with one attached hydrogen (secondary N) is 2. The highest BCUT2D eigenvalue weighted by Gasteiger charge is 2.23. The van der Waals surface area contributed by atoms with Gasteiger partial charge in [0.1, 0.15) is 11.6 Å². The fourth-order valence-electron chi connectivity index (χ4n) is 3.81. The predicted octanol–water partition coefficient (Wildman–Crippen LogP) is 1.41. The number of hydrogen-bond acceptors (Lipinski definition) is 5. The predicted molar refractivity (Wildman–Crippen MR) is 127 cm³/mol. The molecular formula is C25H28F2N4O4. The monoisotopic (exact) mass is 486 g/mol. The van der Waals surface area contributed by atoms with E-state index in [1.807, 2.05) is 36.2 Å². The van der Waals surface area contributed by atoms with Crippen LogP contribution in [0.3, 0.4) is 0 Å². The molecular weight excluding hydrogens is 458 g/mol. The fraction of sp³-hybridized carbons (Fsp3) is 0.320. The van der Waals surface area contributed by atoms with Crippen LogP contribution in [0.5, 0.6) is 0 Å². The van der Waals surface area contributed by atoms with Crippen LogP contribution in [0.4, 0.5) is 8.78 Å². The van der Waals surface area contributed by atoms with Crippen molar-refractivity contribution in [3.05, 3.63) is 103 Å². The summed E-state index contributed by atoms with van der Waals surface area (Å²) in [6.45, 7) is 1.99. The number of rotatable bonds is 10. The van der Waals surface area contributed by atoms with Crippen molar-refractivity contribution in [3.8, 4) is 0 Å². The molecule has 0 saturated carbocycles. The van der Waals surface area contributed by atoms with Crippen LogP contribution in [0.15, 0.2) is 58.1 Å². The topological polar surface area (TPSA) is 132 Å². The van der Waals surface area contributed by atoms with Crippen molar-refractivity contribution in [2.75, 3.05) is 6.54 Å². The molecule has 1 aromatic heterocycles. The Labute approximate surface area is 200 Å². The number of aromatic nitrogens is 2. The van der Waals surface area contributed by atoms with Crippen molar-refractivity contribution in [1.82, 2.24) is 14.9 Å². The molecule has 2 aromatic carbocycles. The number of aromatic amines is 2. The zero-order chi connectivity index (χ0) is 25.5. The standard InChI is InChI=1S/C25H28F2N4O4/c1-2-15-4-3-5-16(6-15)13-31(24(34)12-20-11-23(33)30-25(35)29-20)14-22(32)21(28)9-17-7-18(26)10-19(27)8-17/h3-8,10-11,21-22,32H,2,9,12-14,28H2,1H3,(H2,29,30,33,35). The second kappa shape index (κ2) is 11.7. The van der Waals surface area contributed by atoms with E-state index in [0.29, 0.717) is 0 Å². The number of benzene rings is 2. The summed E-state index contributed by atoms with van der Waals surface area (Å²) in [6.07, 6.45) is -0.695. The molecule has 2 unspecified atom stereocenters. The first-order chi connectivity index (χ1) is 16.6. The van der Waals surface area contributed by atoms with Crippen molar-refractivity contribution in [2.24, 2.45) is 5.73 Å². The lowest BCUT2D eigenvalue weighted by Gasteiger charge is -2.28. The van der Waals surface area contributed by atoms with Crippen LogP contribution < -0.4 is 17.0 Å². The Balaban J connectivity index is 1.79. The maximum atomic E-state index is 13.5. The number of hydrogen-bond donors (Lipinski definition) is 4. The number of aliphatic hydroxyl groups is 1. The highest BCUT2D eigenvalue weighted by atomic mass is 19.1. The van der Waals surface area contributed by atoms with Crippen LogP contribution in [0.25, 0.3) is 0 Å². The fourth-order valence-corrected chi connectivity index (χ4v) is 3.81. The van der Waals surface area contributed by atoms with Gasteiger partial charge < -0.3 is 20.7 Å². The number of aryl methyl sites for hydroxylation is 1. The van der Waals surface area contributed by atoms with Crippen molar-refractivity contribution < 1.29 is 18.7 Å². The Morgan fingerprint density at radius 3 is 2.37 bits per heavy atom. The lowest BCUT2D eigenvalue weighted by atomic mass is 10.0. The minimum atomic E-state index is -1.21. The first-order valence-corrected chi connectivity index (χ1v) is 11.2. The number of H-pyrrole nitrogens is 2. The van der Waals surface area contributed by atoms with E-state index in [4.69, 9.17) is 5.73 Å². The molecule has 2 atom stereocenters. The Hall–Kier alpha value is -3.63. The first kappa shape index (κ1) is 26.0. The molecule has 0 saturated heterocycles. The third-order valence-electron chi connectivity index (χ3n) is 5.58. The number of nitrogens with zero attached hydrogens (tertiary/aromatic N) is 1. The van der Waals surface area contributed by atoms with Gasteiger partial charge in [0.25, 0.3) is 5.56 Å². The van der Waals surface area contributed by atoms with Crippen LogP contribution in [0, 0.1) is 11.6 Å². The van der Waals surface area contributed by atoms with Gasteiger partial charge in [0.05, 0.1) is 12.5 Å². The van der Waals surface area contributed by atoms with E-state index in [1.165, 1.54) is 4.90 Å². The average molecular weight is 487 g/mol. The summed E-state index contributed by atoms with van der Waals surface area (Å²) in [5.74, 6) is -1.95. The molecule has 0 radical (unpaired) electrons. The van der Waals surface area contributed by atoms with Gasteiger partial charge in [-0.25, -0.2) is 13.6 Å². The molecule has 3 aromatic rings. The van der Waals surface area contributed by atoms with Crippen LogP contribution in [0.2, 0.25) is 0 Å². The molecule has 8 nitrogen and oxygen atoms in total. The minimum absolute atomic E-state index is 0.00935. The number of aliphatic hydroxyl groups excluding tert-OH is 1. The number of amides is 1. The average Bonchev–Trinajstić information content (AvgIpc) is 2.77. The Morgan fingerprint density at radius 1 is 1.03 bits per heavy atom. The number of nitrogens with two attached hydrogens (primary N) is 1. The number of halogens is 2. The van der Waals surface area contributed by atoms with E-state index < -0.39 is 40.9 Å². The molecule has 1 amide bonds. The largest absolute Gasteiger partial charge is 0.390 e. The molecule has 0 spiro atoms. The van der Waals surface area contributed by atoms with E-state index >= 15 is 0 Å². The maximum absolute atomic E-state index is 13.5. The lowest BCUT2D eigenvalue weighted by Crippen LogP contribution is -2.46. The number of carbonyl (C=O) groups excluding carboxylic acids is 1. The van der Waals surface area contributed by atoms with E-state index in [2.05, 4.69) is 4.98 Å². The second-order valence-corrected chi connectivity index (χ2v) is 8.45. The minimum Gasteiger partial charge on any atom is -0.390 e. The van der Waals surface area contributed by atoms with Gasteiger partial charge in [-0.1, -0.05) is 31.2 Å². The second-order valence-electron chi connectivity index (χ2n) is 8.45. The van der Waals surface area contributed by atoms with Gasteiger partial charge >= 0.3 is 5.69 Å². The summed E-state index contributed by atoms with van der Waals surface area (Å²) < 4.78 is 27.0. The Morgan fingerprint density at radius 2 is 1.71 bits per heavy atom. The maximum Gasteiger partial charge on any atom is 0.325 e. The van der Waals surface area contributed by atoms with Crippen LogP contribution >= 0.6 is 0 Å². The van der Waals surface area contributed by atoms with Gasteiger partial charge in [-0.2, -0.15) is 0 Å². The van der Waals surface area contributed by atoms with Crippen molar-refractivity contribution >= 4 is 5.91 Å². The Bertz CT molecular complexity index is 1240. The molecule has 1 heterocycles. The normalized spacial score (nSPS) is 12.8. The summed E-state index contributed by atoms with van der Waals surface area (Å²) in [5.41, 5.74) is 7.04. The van der Waals surface area contributed by atoms with E-state index in [9.17, 15) is 28.3 Å². The summed E-state index contributed by atoms with van der Waals surface area (Å²) >= 11 is 0. The highest BCUT2D eigenvalue weighted by Crippen LogP contribution is 2.14. The molecule has 3 rings (SSSR count). The van der Waals surface area contributed by atoms with Crippen molar-refractivity contribution in [1.29, 1.82) is 0 Å². The van der Waals surface area contributed by atoms with E-state index in [-0.39, 0.29) is 37.2 Å². The molecule has 10 heteroatoms. The molecule has 0 aliphatic rings. The molecule has 0 aliphatic heterocycles. The van der Waals surface area contributed by atoms with Crippen molar-refractivity contribution in [3.63, 3.8) is 0 Å². The molecule has 0 aliphatic carbocycles. The zero-order valence-corrected chi connectivity index (χ0v) is 19.3. The lowest BCUT2D eigenvalue weighted by molar-refractivity contribution is -0.132. The summed E-state index contributed by atoms with van der Waals surface area (Å²) in [6, 6.07) is 10.8. The molecule has 35 heavy (non-hydrogen) atoms. The summed E-state index contributed by atoms with van der Waals surface area (Å²) in [4.78, 5) is 42.1. The van der Waals surface area contributed by atoms with Crippen LogP contribution in [-0.4, -0.2) is 44.6 Å². The van der Waals surface area contributed by atoms with Gasteiger partial charge in [-0.3, -0.25) is 14.6 Å². The first-order valence-electron chi connectivity index (χ1n) is 11.2. The molecule has 0 bridgehead atoms. The Kier molecular flexibility index (Phi) is 8.67. The van der Waals surface area contributed by atoms with E-state index in [0.717, 1.165) is 41.8 Å². The van der Waals surface area contributed by atoms with Gasteiger partial charge in [-0.05, 0) is 41.7 Å². The number of carbonyl (C=O) groups is 1. The van der Waals surface area contributed by atoms with Crippen LogP contribution in [0.1, 0.15) is 29.3 Å². The third kappa shape index (κ3) is 7.69. The summed E-state index contributed by atoms with van der Waals surface area (Å²) in [5, 5.41) is 10.8.